The van der Waals surface area contributed by atoms with Crippen LogP contribution < -0.4 is 5.32 Å². The van der Waals surface area contributed by atoms with Crippen molar-refractivity contribution in [2.24, 2.45) is 18.4 Å². The summed E-state index contributed by atoms with van der Waals surface area (Å²) < 4.78 is 40.3. The van der Waals surface area contributed by atoms with Crippen molar-refractivity contribution in [1.82, 2.24) is 19.8 Å². The first kappa shape index (κ1) is 17.3. The zero-order valence-electron chi connectivity index (χ0n) is 13.9. The molecule has 3 unspecified atom stereocenters. The van der Waals surface area contributed by atoms with Gasteiger partial charge in [-0.1, -0.05) is 6.92 Å². The van der Waals surface area contributed by atoms with Crippen LogP contribution in [0.15, 0.2) is 12.5 Å². The van der Waals surface area contributed by atoms with Gasteiger partial charge in [0.2, 0.25) is 5.91 Å². The summed E-state index contributed by atoms with van der Waals surface area (Å²) in [6.07, 6.45) is 1.34. The topological polar surface area (TPSA) is 50.2 Å². The third-order valence-corrected chi connectivity index (χ3v) is 5.25. The molecule has 1 aromatic heterocycles. The second kappa shape index (κ2) is 6.06. The Labute approximate surface area is 139 Å². The van der Waals surface area contributed by atoms with Crippen molar-refractivity contribution in [3.05, 3.63) is 18.2 Å². The molecular formula is C16H23F3N4O. The molecule has 1 saturated carbocycles. The molecule has 1 N–H and O–H groups in total. The number of nitrogens with one attached hydrogen (secondary N) is 1. The van der Waals surface area contributed by atoms with E-state index in [2.05, 4.69) is 15.2 Å². The molecule has 134 valence electrons. The maximum absolute atomic E-state index is 12.8. The van der Waals surface area contributed by atoms with E-state index >= 15 is 0 Å². The highest BCUT2D eigenvalue weighted by molar-refractivity contribution is 5.85. The highest BCUT2D eigenvalue weighted by atomic mass is 19.4. The highest BCUT2D eigenvalue weighted by Crippen LogP contribution is 2.60. The average molecular weight is 344 g/mol. The lowest BCUT2D eigenvalue weighted by Crippen LogP contribution is -2.40. The van der Waals surface area contributed by atoms with Gasteiger partial charge in [-0.15, -0.1) is 0 Å². The summed E-state index contributed by atoms with van der Waals surface area (Å²) >= 11 is 0. The molecule has 1 saturated heterocycles. The summed E-state index contributed by atoms with van der Waals surface area (Å²) in [5, 5.41) is 2.74. The van der Waals surface area contributed by atoms with Gasteiger partial charge in [-0.05, 0) is 32.4 Å². The Kier molecular flexibility index (Phi) is 4.36. The number of rotatable bonds is 5. The van der Waals surface area contributed by atoms with Gasteiger partial charge in [-0.2, -0.15) is 13.2 Å². The van der Waals surface area contributed by atoms with Crippen molar-refractivity contribution in [1.29, 1.82) is 0 Å². The molecule has 1 amide bonds. The molecule has 24 heavy (non-hydrogen) atoms. The number of imidazole rings is 1. The number of nitrogens with zero attached hydrogens (tertiary/aromatic N) is 3. The molecule has 0 spiro atoms. The summed E-state index contributed by atoms with van der Waals surface area (Å²) in [5.41, 5.74) is -0.481. The van der Waals surface area contributed by atoms with Crippen molar-refractivity contribution in [2.45, 2.75) is 38.4 Å². The number of aromatic nitrogens is 2. The van der Waals surface area contributed by atoms with Gasteiger partial charge < -0.3 is 9.88 Å². The molecule has 2 aliphatic rings. The Bertz CT molecular complexity index is 609. The minimum absolute atomic E-state index is 0.0932. The fourth-order valence-electron chi connectivity index (χ4n) is 3.56. The molecule has 8 heteroatoms. The van der Waals surface area contributed by atoms with E-state index in [9.17, 15) is 18.0 Å². The van der Waals surface area contributed by atoms with E-state index in [0.29, 0.717) is 0 Å². The molecule has 5 nitrogen and oxygen atoms in total. The quantitative estimate of drug-likeness (QED) is 0.891. The van der Waals surface area contributed by atoms with Crippen LogP contribution in [0.5, 0.6) is 0 Å². The third-order valence-electron chi connectivity index (χ3n) is 5.25. The number of alkyl halides is 3. The largest absolute Gasteiger partial charge is 0.392 e. The number of halogens is 3. The Morgan fingerprint density at radius 1 is 1.46 bits per heavy atom. The van der Waals surface area contributed by atoms with Gasteiger partial charge in [-0.3, -0.25) is 9.69 Å². The second-order valence-electron chi connectivity index (χ2n) is 7.15. The van der Waals surface area contributed by atoms with E-state index in [1.54, 1.807) is 6.33 Å². The van der Waals surface area contributed by atoms with Crippen molar-refractivity contribution < 1.29 is 18.0 Å². The molecular weight excluding hydrogens is 321 g/mol. The number of aryl methyl sites for hydroxylation is 1. The van der Waals surface area contributed by atoms with Gasteiger partial charge in [0.1, 0.15) is 0 Å². The van der Waals surface area contributed by atoms with Crippen molar-refractivity contribution in [2.75, 3.05) is 19.6 Å². The summed E-state index contributed by atoms with van der Waals surface area (Å²) in [6.45, 7) is 3.52. The highest BCUT2D eigenvalue weighted by Gasteiger charge is 2.67. The summed E-state index contributed by atoms with van der Waals surface area (Å²) in [6, 6.07) is -0.0932. The minimum atomic E-state index is -4.30. The molecule has 2 fully saturated rings. The van der Waals surface area contributed by atoms with Crippen LogP contribution in [0.25, 0.3) is 0 Å². The molecule has 0 radical (unpaired) electrons. The molecule has 1 aliphatic heterocycles. The van der Waals surface area contributed by atoms with Gasteiger partial charge in [0.15, 0.2) is 0 Å². The van der Waals surface area contributed by atoms with Crippen molar-refractivity contribution in [3.8, 4) is 0 Å². The predicted octanol–water partition coefficient (Wildman–Crippen LogP) is 2.26. The lowest BCUT2D eigenvalue weighted by molar-refractivity contribution is -0.160. The zero-order valence-corrected chi connectivity index (χ0v) is 13.9. The van der Waals surface area contributed by atoms with E-state index in [1.165, 1.54) is 6.92 Å². The fourth-order valence-corrected chi connectivity index (χ4v) is 3.56. The molecule has 1 aliphatic carbocycles. The summed E-state index contributed by atoms with van der Waals surface area (Å²) in [5.74, 6) is -2.03. The number of carbonyl (C=O) groups excluding carboxylic acids is 1. The third kappa shape index (κ3) is 3.29. The van der Waals surface area contributed by atoms with E-state index in [4.69, 9.17) is 0 Å². The Morgan fingerprint density at radius 3 is 2.62 bits per heavy atom. The maximum atomic E-state index is 12.8. The van der Waals surface area contributed by atoms with Crippen LogP contribution >= 0.6 is 0 Å². The van der Waals surface area contributed by atoms with Crippen molar-refractivity contribution >= 4 is 5.91 Å². The van der Waals surface area contributed by atoms with Crippen molar-refractivity contribution in [3.63, 3.8) is 0 Å². The molecule has 2 heterocycles. The second-order valence-corrected chi connectivity index (χ2v) is 7.15. The van der Waals surface area contributed by atoms with Gasteiger partial charge in [-0.25, -0.2) is 4.98 Å². The van der Waals surface area contributed by atoms with E-state index in [-0.39, 0.29) is 19.0 Å². The number of amides is 1. The average Bonchev–Trinajstić information content (AvgIpc) is 2.89. The molecule has 0 aromatic carbocycles. The molecule has 3 rings (SSSR count). The van der Waals surface area contributed by atoms with Crippen LogP contribution in [0.4, 0.5) is 13.2 Å². The summed E-state index contributed by atoms with van der Waals surface area (Å²) in [7, 11) is 1.87. The first-order chi connectivity index (χ1) is 11.2. The standard InChI is InChI=1S/C16H23F3N4O/c1-15(7-13(15)16(17,18)19)14(24)20-8-12(23-5-3-4-6-23)11-9-22(2)10-21-11/h9-10,12-13H,3-8H2,1-2H3,(H,20,24). The SMILES string of the molecule is Cn1cnc(C(CNC(=O)C2(C)CC2C(F)(F)F)N2CCCC2)c1. The minimum Gasteiger partial charge on any atom is -0.354 e. The first-order valence-electron chi connectivity index (χ1n) is 8.29. The van der Waals surface area contributed by atoms with Crippen LogP contribution in [-0.2, 0) is 11.8 Å². The van der Waals surface area contributed by atoms with Crippen LogP contribution in [-0.4, -0.2) is 46.2 Å². The molecule has 0 bridgehead atoms. The zero-order chi connectivity index (χ0) is 17.5. The van der Waals surface area contributed by atoms with Crippen LogP contribution in [0.3, 0.4) is 0 Å². The van der Waals surface area contributed by atoms with Gasteiger partial charge in [0.05, 0.1) is 29.4 Å². The molecule has 1 aromatic rings. The smallest absolute Gasteiger partial charge is 0.354 e. The van der Waals surface area contributed by atoms with E-state index < -0.39 is 23.4 Å². The number of likely N-dealkylation sites (tertiary alicyclic amines) is 1. The van der Waals surface area contributed by atoms with E-state index in [0.717, 1.165) is 31.6 Å². The van der Waals surface area contributed by atoms with Crippen LogP contribution in [0.1, 0.15) is 37.9 Å². The molecule has 3 atom stereocenters. The van der Waals surface area contributed by atoms with Gasteiger partial charge in [0, 0.05) is 19.8 Å². The number of hydrogen-bond donors (Lipinski definition) is 1. The Morgan fingerprint density at radius 2 is 2.12 bits per heavy atom. The lowest BCUT2D eigenvalue weighted by Gasteiger charge is -2.27. The fraction of sp³-hybridized carbons (Fsp3) is 0.750. The predicted molar refractivity (Wildman–Crippen MR) is 82.0 cm³/mol. The normalized spacial score (nSPS) is 28.8. The Hall–Kier alpha value is -1.57. The number of hydrogen-bond acceptors (Lipinski definition) is 3. The number of carbonyl (C=O) groups is 1. The lowest BCUT2D eigenvalue weighted by atomic mass is 10.0. The van der Waals surface area contributed by atoms with Gasteiger partial charge >= 0.3 is 6.18 Å². The van der Waals surface area contributed by atoms with E-state index in [1.807, 2.05) is 17.8 Å². The first-order valence-corrected chi connectivity index (χ1v) is 8.29. The van der Waals surface area contributed by atoms with Gasteiger partial charge in [0.25, 0.3) is 0 Å². The van der Waals surface area contributed by atoms with Crippen LogP contribution in [0, 0.1) is 11.3 Å². The monoisotopic (exact) mass is 344 g/mol. The summed E-state index contributed by atoms with van der Waals surface area (Å²) in [4.78, 5) is 18.9. The Balaban J connectivity index is 1.65. The maximum Gasteiger partial charge on any atom is 0.392 e. The van der Waals surface area contributed by atoms with Crippen LogP contribution in [0.2, 0.25) is 0 Å².